The van der Waals surface area contributed by atoms with Crippen LogP contribution in [0.25, 0.3) is 0 Å². The topological polar surface area (TPSA) is 41.5 Å². The first-order valence-corrected chi connectivity index (χ1v) is 6.40. The summed E-state index contributed by atoms with van der Waals surface area (Å²) in [7, 11) is 0. The number of carbonyl (C=O) groups excluding carboxylic acids is 1. The molecule has 0 bridgehead atoms. The number of amidine groups is 1. The molecule has 0 fully saturated rings. The van der Waals surface area contributed by atoms with E-state index in [2.05, 4.69) is 26.2 Å². The largest absolute Gasteiger partial charge is 0.308 e. The third kappa shape index (κ3) is 2.02. The lowest BCUT2D eigenvalue weighted by molar-refractivity contribution is -0.124. The maximum Gasteiger partial charge on any atom is 0.253 e. The van der Waals surface area contributed by atoms with Gasteiger partial charge in [0.05, 0.1) is 0 Å². The Bertz CT molecular complexity index is 496. The SMILES string of the molecule is CC(C)[C@]1(C)N=C(c2ccccc2Br)NC1=O. The zero-order chi connectivity index (χ0) is 12.6. The maximum absolute atomic E-state index is 12.0. The number of halogens is 1. The number of amides is 1. The standard InChI is InChI=1S/C13H15BrN2O/c1-8(2)13(3)12(17)15-11(16-13)9-6-4-5-7-10(9)14/h4-8H,1-3H3,(H,15,16,17)/t13-/m0/s1. The summed E-state index contributed by atoms with van der Waals surface area (Å²) in [5.41, 5.74) is 0.259. The van der Waals surface area contributed by atoms with Gasteiger partial charge in [0.2, 0.25) is 0 Å². The lowest BCUT2D eigenvalue weighted by Gasteiger charge is -2.21. The summed E-state index contributed by atoms with van der Waals surface area (Å²) in [4.78, 5) is 16.5. The third-order valence-corrected chi connectivity index (χ3v) is 3.98. The van der Waals surface area contributed by atoms with Crippen LogP contribution in [0.1, 0.15) is 26.3 Å². The van der Waals surface area contributed by atoms with Crippen LogP contribution >= 0.6 is 15.9 Å². The Morgan fingerprint density at radius 2 is 2.00 bits per heavy atom. The van der Waals surface area contributed by atoms with Crippen LogP contribution in [0.2, 0.25) is 0 Å². The van der Waals surface area contributed by atoms with Gasteiger partial charge in [0.1, 0.15) is 11.4 Å². The van der Waals surface area contributed by atoms with Gasteiger partial charge in [-0.05, 0) is 18.9 Å². The molecule has 1 aromatic carbocycles. The molecule has 0 unspecified atom stereocenters. The van der Waals surface area contributed by atoms with Crippen molar-refractivity contribution in [3.05, 3.63) is 34.3 Å². The molecule has 2 rings (SSSR count). The summed E-state index contributed by atoms with van der Waals surface area (Å²) in [6.07, 6.45) is 0. The second-order valence-electron chi connectivity index (χ2n) is 4.70. The molecule has 1 aromatic rings. The number of benzene rings is 1. The minimum absolute atomic E-state index is 0.0294. The van der Waals surface area contributed by atoms with E-state index in [1.807, 2.05) is 45.0 Å². The molecule has 1 heterocycles. The van der Waals surface area contributed by atoms with Crippen molar-refractivity contribution in [3.63, 3.8) is 0 Å². The molecule has 0 aliphatic carbocycles. The van der Waals surface area contributed by atoms with Crippen molar-refractivity contribution < 1.29 is 4.79 Å². The van der Waals surface area contributed by atoms with Crippen LogP contribution in [0.4, 0.5) is 0 Å². The number of hydrogen-bond donors (Lipinski definition) is 1. The summed E-state index contributed by atoms with van der Waals surface area (Å²) in [5, 5.41) is 2.86. The molecule has 90 valence electrons. The second-order valence-corrected chi connectivity index (χ2v) is 5.55. The molecule has 3 nitrogen and oxygen atoms in total. The van der Waals surface area contributed by atoms with Crippen molar-refractivity contribution in [2.45, 2.75) is 26.3 Å². The lowest BCUT2D eigenvalue weighted by Crippen LogP contribution is -2.41. The number of nitrogens with one attached hydrogen (secondary N) is 1. The fourth-order valence-electron chi connectivity index (χ4n) is 1.72. The van der Waals surface area contributed by atoms with E-state index in [1.165, 1.54) is 0 Å². The monoisotopic (exact) mass is 294 g/mol. The van der Waals surface area contributed by atoms with E-state index >= 15 is 0 Å². The Balaban J connectivity index is 2.44. The van der Waals surface area contributed by atoms with Gasteiger partial charge < -0.3 is 5.32 Å². The molecule has 1 aliphatic heterocycles. The molecule has 1 aliphatic rings. The predicted molar refractivity (Wildman–Crippen MR) is 72.1 cm³/mol. The van der Waals surface area contributed by atoms with E-state index in [0.29, 0.717) is 5.84 Å². The quantitative estimate of drug-likeness (QED) is 0.895. The maximum atomic E-state index is 12.0. The van der Waals surface area contributed by atoms with E-state index in [0.717, 1.165) is 10.0 Å². The third-order valence-electron chi connectivity index (χ3n) is 3.29. The highest BCUT2D eigenvalue weighted by molar-refractivity contribution is 9.10. The Morgan fingerprint density at radius 1 is 1.35 bits per heavy atom. The van der Waals surface area contributed by atoms with Crippen LogP contribution < -0.4 is 5.32 Å². The zero-order valence-electron chi connectivity index (χ0n) is 10.1. The van der Waals surface area contributed by atoms with E-state index in [-0.39, 0.29) is 11.8 Å². The van der Waals surface area contributed by atoms with Crippen molar-refractivity contribution in [2.75, 3.05) is 0 Å². The fraction of sp³-hybridized carbons (Fsp3) is 0.385. The molecular formula is C13H15BrN2O. The Kier molecular flexibility index (Phi) is 3.08. The average molecular weight is 295 g/mol. The van der Waals surface area contributed by atoms with Gasteiger partial charge in [-0.2, -0.15) is 0 Å². The fourth-order valence-corrected chi connectivity index (χ4v) is 2.19. The van der Waals surface area contributed by atoms with Gasteiger partial charge in [-0.3, -0.25) is 9.79 Å². The minimum atomic E-state index is -0.662. The number of rotatable bonds is 2. The van der Waals surface area contributed by atoms with Crippen molar-refractivity contribution in [3.8, 4) is 0 Å². The number of aliphatic imine (C=N–C) groups is 1. The predicted octanol–water partition coefficient (Wildman–Crippen LogP) is 2.74. The lowest BCUT2D eigenvalue weighted by atomic mass is 9.89. The van der Waals surface area contributed by atoms with Gasteiger partial charge in [0, 0.05) is 10.0 Å². The Morgan fingerprint density at radius 3 is 2.53 bits per heavy atom. The smallest absolute Gasteiger partial charge is 0.253 e. The van der Waals surface area contributed by atoms with E-state index in [9.17, 15) is 4.79 Å². The second kappa shape index (κ2) is 4.26. The first kappa shape index (κ1) is 12.3. The Labute approximate surface area is 109 Å². The van der Waals surface area contributed by atoms with Gasteiger partial charge in [0.15, 0.2) is 0 Å². The van der Waals surface area contributed by atoms with E-state index < -0.39 is 5.54 Å². The van der Waals surface area contributed by atoms with Crippen LogP contribution in [-0.4, -0.2) is 17.3 Å². The normalized spacial score (nSPS) is 23.8. The van der Waals surface area contributed by atoms with Crippen LogP contribution in [0.3, 0.4) is 0 Å². The molecule has 4 heteroatoms. The molecule has 0 saturated heterocycles. The number of nitrogens with zero attached hydrogens (tertiary/aromatic N) is 1. The first-order chi connectivity index (χ1) is 7.95. The van der Waals surface area contributed by atoms with Crippen molar-refractivity contribution in [2.24, 2.45) is 10.9 Å². The summed E-state index contributed by atoms with van der Waals surface area (Å²) in [6, 6.07) is 7.75. The highest BCUT2D eigenvalue weighted by atomic mass is 79.9. The average Bonchev–Trinajstić information content (AvgIpc) is 2.57. The van der Waals surface area contributed by atoms with Crippen LogP contribution in [-0.2, 0) is 4.79 Å². The Hall–Kier alpha value is -1.16. The summed E-state index contributed by atoms with van der Waals surface area (Å²) < 4.78 is 0.937. The highest BCUT2D eigenvalue weighted by Gasteiger charge is 2.42. The van der Waals surface area contributed by atoms with Gasteiger partial charge in [-0.15, -0.1) is 0 Å². The molecule has 0 aromatic heterocycles. The molecule has 0 spiro atoms. The van der Waals surface area contributed by atoms with Gasteiger partial charge in [-0.25, -0.2) is 0 Å². The van der Waals surface area contributed by atoms with E-state index in [1.54, 1.807) is 0 Å². The minimum Gasteiger partial charge on any atom is -0.308 e. The molecule has 0 radical (unpaired) electrons. The van der Waals surface area contributed by atoms with Crippen molar-refractivity contribution in [1.82, 2.24) is 5.32 Å². The van der Waals surface area contributed by atoms with Gasteiger partial charge in [0.25, 0.3) is 5.91 Å². The van der Waals surface area contributed by atoms with Gasteiger partial charge in [-0.1, -0.05) is 48.0 Å². The van der Waals surface area contributed by atoms with Crippen molar-refractivity contribution in [1.29, 1.82) is 0 Å². The van der Waals surface area contributed by atoms with Crippen LogP contribution in [0.15, 0.2) is 33.7 Å². The molecule has 0 saturated carbocycles. The molecule has 1 N–H and O–H groups in total. The van der Waals surface area contributed by atoms with Gasteiger partial charge >= 0.3 is 0 Å². The summed E-state index contributed by atoms with van der Waals surface area (Å²) in [5.74, 6) is 0.791. The number of carbonyl (C=O) groups is 1. The highest BCUT2D eigenvalue weighted by Crippen LogP contribution is 2.28. The summed E-state index contributed by atoms with van der Waals surface area (Å²) in [6.45, 7) is 5.88. The zero-order valence-corrected chi connectivity index (χ0v) is 11.7. The van der Waals surface area contributed by atoms with Crippen molar-refractivity contribution >= 4 is 27.7 Å². The first-order valence-electron chi connectivity index (χ1n) is 5.61. The van der Waals surface area contributed by atoms with E-state index in [4.69, 9.17) is 0 Å². The molecule has 1 amide bonds. The summed E-state index contributed by atoms with van der Waals surface area (Å²) >= 11 is 3.47. The molecule has 1 atom stereocenters. The number of hydrogen-bond acceptors (Lipinski definition) is 2. The molecular weight excluding hydrogens is 280 g/mol. The van der Waals surface area contributed by atoms with Crippen LogP contribution in [0.5, 0.6) is 0 Å². The van der Waals surface area contributed by atoms with Crippen LogP contribution in [0, 0.1) is 5.92 Å². The molecule has 17 heavy (non-hydrogen) atoms.